The lowest BCUT2D eigenvalue weighted by atomic mass is 10.0. The zero-order chi connectivity index (χ0) is 23.1. The molecule has 1 unspecified atom stereocenters. The van der Waals surface area contributed by atoms with Crippen molar-refractivity contribution in [3.05, 3.63) is 34.9 Å². The Morgan fingerprint density at radius 2 is 1.91 bits per heavy atom. The number of rotatable bonds is 8. The molecule has 0 aromatic heterocycles. The van der Waals surface area contributed by atoms with Crippen molar-refractivity contribution in [3.63, 3.8) is 0 Å². The van der Waals surface area contributed by atoms with Crippen LogP contribution >= 0.6 is 0 Å². The molecule has 9 heteroatoms. The molecule has 3 rings (SSSR count). The zero-order valence-corrected chi connectivity index (χ0v) is 18.4. The Hall–Kier alpha value is -3.20. The summed E-state index contributed by atoms with van der Waals surface area (Å²) >= 11 is 0. The first kappa shape index (κ1) is 23.5. The first-order chi connectivity index (χ1) is 15.3. The number of likely N-dealkylation sites (tertiary alicyclic amines) is 1. The van der Waals surface area contributed by atoms with Crippen LogP contribution in [-0.2, 0) is 4.79 Å². The van der Waals surface area contributed by atoms with Crippen LogP contribution in [-0.4, -0.2) is 65.8 Å². The molecular weight excluding hydrogens is 410 g/mol. The van der Waals surface area contributed by atoms with E-state index in [1.807, 2.05) is 24.0 Å². The Morgan fingerprint density at radius 3 is 2.59 bits per heavy atom. The van der Waals surface area contributed by atoms with E-state index in [0.717, 1.165) is 37.2 Å². The summed E-state index contributed by atoms with van der Waals surface area (Å²) in [6, 6.07) is 5.30. The molecule has 1 atom stereocenters. The van der Waals surface area contributed by atoms with Gasteiger partial charge in [0.15, 0.2) is 0 Å². The maximum absolute atomic E-state index is 12.8. The normalized spacial score (nSPS) is 16.4. The van der Waals surface area contributed by atoms with Gasteiger partial charge in [-0.05, 0) is 44.4 Å². The van der Waals surface area contributed by atoms with E-state index >= 15 is 0 Å². The molecule has 1 aromatic rings. The number of hydrogen-bond donors (Lipinski definition) is 4. The molecule has 0 aliphatic carbocycles. The van der Waals surface area contributed by atoms with Gasteiger partial charge in [-0.3, -0.25) is 14.6 Å². The number of carboxylic acid groups (broad SMARTS) is 1. The van der Waals surface area contributed by atoms with E-state index in [1.165, 1.54) is 0 Å². The summed E-state index contributed by atoms with van der Waals surface area (Å²) in [6.45, 7) is 4.07. The molecule has 172 valence electrons. The highest BCUT2D eigenvalue weighted by atomic mass is 16.4. The fraction of sp³-hybridized carbons (Fsp3) is 0.478. The number of nitrogens with two attached hydrogens (primary N) is 1. The van der Waals surface area contributed by atoms with Gasteiger partial charge in [0.25, 0.3) is 5.91 Å². The van der Waals surface area contributed by atoms with E-state index in [1.54, 1.807) is 12.1 Å². The molecule has 1 saturated heterocycles. The van der Waals surface area contributed by atoms with Gasteiger partial charge in [0, 0.05) is 67.5 Å². The summed E-state index contributed by atoms with van der Waals surface area (Å²) < 4.78 is 0. The minimum atomic E-state index is -1.08. The summed E-state index contributed by atoms with van der Waals surface area (Å²) in [7, 11) is 0. The van der Waals surface area contributed by atoms with E-state index in [0.29, 0.717) is 42.6 Å². The molecule has 5 N–H and O–H groups in total. The molecule has 2 aliphatic rings. The maximum Gasteiger partial charge on any atom is 0.404 e. The predicted molar refractivity (Wildman–Crippen MR) is 123 cm³/mol. The molecule has 2 aliphatic heterocycles. The molecule has 0 radical (unpaired) electrons. The van der Waals surface area contributed by atoms with Gasteiger partial charge in [-0.1, -0.05) is 6.07 Å². The third kappa shape index (κ3) is 6.40. The first-order valence-electron chi connectivity index (χ1n) is 11.0. The largest absolute Gasteiger partial charge is 0.465 e. The Kier molecular flexibility index (Phi) is 7.99. The van der Waals surface area contributed by atoms with Gasteiger partial charge in [-0.15, -0.1) is 0 Å². The fourth-order valence-corrected chi connectivity index (χ4v) is 3.90. The quantitative estimate of drug-likeness (QED) is 0.459. The Morgan fingerprint density at radius 1 is 1.19 bits per heavy atom. The molecule has 0 saturated carbocycles. The highest BCUT2D eigenvalue weighted by molar-refractivity contribution is 6.07. The monoisotopic (exact) mass is 441 g/mol. The van der Waals surface area contributed by atoms with Gasteiger partial charge in [0.1, 0.15) is 0 Å². The van der Waals surface area contributed by atoms with Crippen LogP contribution in [0.4, 0.5) is 10.5 Å². The van der Waals surface area contributed by atoms with E-state index in [9.17, 15) is 14.4 Å². The fourth-order valence-electron chi connectivity index (χ4n) is 3.90. The smallest absolute Gasteiger partial charge is 0.404 e. The highest BCUT2D eigenvalue weighted by Crippen LogP contribution is 2.30. The molecule has 1 aromatic carbocycles. The van der Waals surface area contributed by atoms with Crippen LogP contribution < -0.4 is 16.4 Å². The van der Waals surface area contributed by atoms with Crippen LogP contribution in [0.5, 0.6) is 0 Å². The molecule has 2 heterocycles. The van der Waals surface area contributed by atoms with Crippen molar-refractivity contribution in [1.29, 1.82) is 0 Å². The van der Waals surface area contributed by atoms with E-state index in [2.05, 4.69) is 10.6 Å². The van der Waals surface area contributed by atoms with Gasteiger partial charge < -0.3 is 26.4 Å². The lowest BCUT2D eigenvalue weighted by Gasteiger charge is -2.16. The first-order valence-corrected chi connectivity index (χ1v) is 11.0. The second-order valence-electron chi connectivity index (χ2n) is 8.32. The van der Waals surface area contributed by atoms with Crippen molar-refractivity contribution >= 4 is 35.4 Å². The molecule has 32 heavy (non-hydrogen) atoms. The number of carbonyl (C=O) groups is 3. The molecule has 9 nitrogen and oxygen atoms in total. The van der Waals surface area contributed by atoms with E-state index in [-0.39, 0.29) is 24.4 Å². The van der Waals surface area contributed by atoms with Gasteiger partial charge in [-0.2, -0.15) is 0 Å². The van der Waals surface area contributed by atoms with Crippen molar-refractivity contribution in [2.24, 2.45) is 10.7 Å². The standard InChI is InChI=1S/C23H31N5O4/c1-15(24)11-19-13-18(21(29)25-7-4-8-26-23(31)32)12-16-5-6-17(14-20(16)27-19)22(30)28-9-2-3-10-28/h5-6,12,14-15,26H,2-4,7-11,13,24H2,1H3,(H,25,29)(H,31,32). The number of benzene rings is 1. The number of hydrogen-bond acceptors (Lipinski definition) is 5. The molecule has 0 spiro atoms. The van der Waals surface area contributed by atoms with Crippen LogP contribution in [0.25, 0.3) is 6.08 Å². The van der Waals surface area contributed by atoms with E-state index in [4.69, 9.17) is 15.8 Å². The number of carbonyl (C=O) groups excluding carboxylic acids is 2. The van der Waals surface area contributed by atoms with Gasteiger partial charge >= 0.3 is 6.09 Å². The SMILES string of the molecule is CC(N)CC1=Nc2cc(C(=O)N3CCCC3)ccc2C=C(C(=O)NCCCNC(=O)O)C1. The van der Waals surface area contributed by atoms with Crippen LogP contribution in [0.1, 0.15) is 54.9 Å². The van der Waals surface area contributed by atoms with Crippen LogP contribution in [0.2, 0.25) is 0 Å². The van der Waals surface area contributed by atoms with E-state index < -0.39 is 6.09 Å². The lowest BCUT2D eigenvalue weighted by molar-refractivity contribution is -0.117. The van der Waals surface area contributed by atoms with Crippen molar-refractivity contribution < 1.29 is 19.5 Å². The minimum absolute atomic E-state index is 0.00964. The van der Waals surface area contributed by atoms with Gasteiger partial charge in [0.2, 0.25) is 5.91 Å². The number of fused-ring (bicyclic) bond motifs is 1. The summed E-state index contributed by atoms with van der Waals surface area (Å²) in [5.41, 5.74) is 9.39. The average molecular weight is 442 g/mol. The molecular formula is C23H31N5O4. The number of aliphatic imine (C=N–C) groups is 1. The minimum Gasteiger partial charge on any atom is -0.465 e. The maximum atomic E-state index is 12.8. The third-order valence-corrected chi connectivity index (χ3v) is 5.44. The second kappa shape index (κ2) is 10.9. The van der Waals surface area contributed by atoms with Crippen LogP contribution in [0, 0.1) is 0 Å². The Balaban J connectivity index is 1.79. The third-order valence-electron chi connectivity index (χ3n) is 5.44. The Labute approximate surface area is 187 Å². The predicted octanol–water partition coefficient (Wildman–Crippen LogP) is 2.29. The number of nitrogens with one attached hydrogen (secondary N) is 2. The van der Waals surface area contributed by atoms with Crippen LogP contribution in [0.3, 0.4) is 0 Å². The molecule has 0 bridgehead atoms. The summed E-state index contributed by atoms with van der Waals surface area (Å²) in [4.78, 5) is 42.7. The summed E-state index contributed by atoms with van der Waals surface area (Å²) in [6.07, 6.45) is 4.18. The Bertz CT molecular complexity index is 932. The van der Waals surface area contributed by atoms with Gasteiger partial charge in [0.05, 0.1) is 5.69 Å². The average Bonchev–Trinajstić information content (AvgIpc) is 3.21. The topological polar surface area (TPSA) is 137 Å². The number of nitrogens with zero attached hydrogens (tertiary/aromatic N) is 2. The molecule has 1 fully saturated rings. The number of amides is 3. The summed E-state index contributed by atoms with van der Waals surface area (Å²) in [5, 5.41) is 13.7. The second-order valence-corrected chi connectivity index (χ2v) is 8.32. The van der Waals surface area contributed by atoms with Crippen LogP contribution in [0.15, 0.2) is 28.8 Å². The van der Waals surface area contributed by atoms with Gasteiger partial charge in [-0.25, -0.2) is 4.79 Å². The highest BCUT2D eigenvalue weighted by Gasteiger charge is 2.22. The van der Waals surface area contributed by atoms with Crippen molar-refractivity contribution in [1.82, 2.24) is 15.5 Å². The molecule has 3 amide bonds. The van der Waals surface area contributed by atoms with Crippen molar-refractivity contribution in [3.8, 4) is 0 Å². The zero-order valence-electron chi connectivity index (χ0n) is 18.4. The van der Waals surface area contributed by atoms with Crippen molar-refractivity contribution in [2.45, 2.75) is 45.1 Å². The summed E-state index contributed by atoms with van der Waals surface area (Å²) in [5.74, 6) is -0.210. The lowest BCUT2D eigenvalue weighted by Crippen LogP contribution is -2.30. The van der Waals surface area contributed by atoms with Crippen molar-refractivity contribution in [2.75, 3.05) is 26.2 Å².